The lowest BCUT2D eigenvalue weighted by molar-refractivity contribution is 0.463. The zero-order valence-corrected chi connectivity index (χ0v) is 12.4. The van der Waals surface area contributed by atoms with Gasteiger partial charge in [-0.1, -0.05) is 43.3 Å². The molecule has 2 aromatic rings. The first kappa shape index (κ1) is 14.7. The van der Waals surface area contributed by atoms with Crippen LogP contribution >= 0.6 is 0 Å². The Kier molecular flexibility index (Phi) is 4.91. The monoisotopic (exact) mass is 271 g/mol. The van der Waals surface area contributed by atoms with Crippen molar-refractivity contribution in [3.8, 4) is 0 Å². The topological polar surface area (TPSA) is 12.0 Å². The molecule has 0 radical (unpaired) electrons. The predicted octanol–water partition coefficient (Wildman–Crippen LogP) is 4.59. The molecule has 0 saturated carbocycles. The summed E-state index contributed by atoms with van der Waals surface area (Å²) in [7, 11) is 1.95. The quantitative estimate of drug-likeness (QED) is 0.838. The number of hydrogen-bond donors (Lipinski definition) is 1. The maximum atomic E-state index is 13.6. The maximum Gasteiger partial charge on any atom is 0.123 e. The first-order valence-electron chi connectivity index (χ1n) is 7.15. The van der Waals surface area contributed by atoms with Crippen molar-refractivity contribution < 1.29 is 4.39 Å². The highest BCUT2D eigenvalue weighted by Gasteiger charge is 2.23. The molecule has 0 fully saturated rings. The Bertz CT molecular complexity index is 551. The lowest BCUT2D eigenvalue weighted by atomic mass is 9.83. The lowest BCUT2D eigenvalue weighted by Crippen LogP contribution is -2.24. The molecule has 0 aliphatic heterocycles. The highest BCUT2D eigenvalue weighted by molar-refractivity contribution is 5.33. The first-order valence-corrected chi connectivity index (χ1v) is 7.15. The number of nitrogens with one attached hydrogen (secondary N) is 1. The molecule has 2 atom stereocenters. The third-order valence-corrected chi connectivity index (χ3v) is 3.96. The van der Waals surface area contributed by atoms with E-state index in [4.69, 9.17) is 0 Å². The van der Waals surface area contributed by atoms with Crippen LogP contribution in [0.15, 0.2) is 48.5 Å². The van der Waals surface area contributed by atoms with Crippen LogP contribution < -0.4 is 5.32 Å². The molecule has 0 aliphatic rings. The van der Waals surface area contributed by atoms with Gasteiger partial charge in [0.25, 0.3) is 0 Å². The van der Waals surface area contributed by atoms with E-state index in [-0.39, 0.29) is 11.9 Å². The van der Waals surface area contributed by atoms with E-state index < -0.39 is 0 Å². The second-order valence-corrected chi connectivity index (χ2v) is 5.19. The van der Waals surface area contributed by atoms with Crippen LogP contribution in [-0.2, 0) is 0 Å². The second kappa shape index (κ2) is 6.67. The summed E-state index contributed by atoms with van der Waals surface area (Å²) in [5.41, 5.74) is 3.46. The largest absolute Gasteiger partial charge is 0.312 e. The minimum atomic E-state index is -0.172. The molecule has 2 aromatic carbocycles. The van der Waals surface area contributed by atoms with E-state index in [0.717, 1.165) is 17.5 Å². The van der Waals surface area contributed by atoms with Gasteiger partial charge in [0.15, 0.2) is 0 Å². The molecule has 2 unspecified atom stereocenters. The Morgan fingerprint density at radius 3 is 2.40 bits per heavy atom. The molecule has 106 valence electrons. The normalized spacial score (nSPS) is 14.0. The molecule has 0 amide bonds. The van der Waals surface area contributed by atoms with Gasteiger partial charge in [-0.15, -0.1) is 0 Å². The minimum Gasteiger partial charge on any atom is -0.312 e. The van der Waals surface area contributed by atoms with Crippen molar-refractivity contribution in [2.75, 3.05) is 7.05 Å². The fourth-order valence-corrected chi connectivity index (χ4v) is 2.88. The van der Waals surface area contributed by atoms with E-state index in [1.807, 2.05) is 26.1 Å². The van der Waals surface area contributed by atoms with Crippen LogP contribution in [0.3, 0.4) is 0 Å². The van der Waals surface area contributed by atoms with Crippen LogP contribution in [0.4, 0.5) is 4.39 Å². The zero-order valence-electron chi connectivity index (χ0n) is 12.4. The van der Waals surface area contributed by atoms with E-state index >= 15 is 0 Å². The van der Waals surface area contributed by atoms with Gasteiger partial charge < -0.3 is 5.32 Å². The van der Waals surface area contributed by atoms with Crippen LogP contribution in [0.1, 0.15) is 42.0 Å². The first-order chi connectivity index (χ1) is 9.67. The smallest absolute Gasteiger partial charge is 0.123 e. The number of aryl methyl sites for hydroxylation is 1. The van der Waals surface area contributed by atoms with Gasteiger partial charge in [-0.25, -0.2) is 4.39 Å². The van der Waals surface area contributed by atoms with Gasteiger partial charge in [0.1, 0.15) is 5.82 Å². The lowest BCUT2D eigenvalue weighted by Gasteiger charge is -2.28. The molecule has 1 N–H and O–H groups in total. The van der Waals surface area contributed by atoms with Crippen LogP contribution in [0, 0.1) is 12.7 Å². The van der Waals surface area contributed by atoms with Gasteiger partial charge in [-0.3, -0.25) is 0 Å². The molecule has 0 aromatic heterocycles. The minimum absolute atomic E-state index is 0.123. The molecule has 1 nitrogen and oxygen atoms in total. The highest BCUT2D eigenvalue weighted by Crippen LogP contribution is 2.35. The summed E-state index contributed by atoms with van der Waals surface area (Å²) in [4.78, 5) is 0. The molecular weight excluding hydrogens is 249 g/mol. The summed E-state index contributed by atoms with van der Waals surface area (Å²) in [6, 6.07) is 15.6. The summed E-state index contributed by atoms with van der Waals surface area (Å²) in [6.45, 7) is 4.22. The van der Waals surface area contributed by atoms with Gasteiger partial charge in [-0.2, -0.15) is 0 Å². The predicted molar refractivity (Wildman–Crippen MR) is 82.4 cm³/mol. The van der Waals surface area contributed by atoms with E-state index in [2.05, 4.69) is 36.5 Å². The number of halogens is 1. The number of likely N-dealkylation sites (N-methyl/N-ethyl adjacent to an activating group) is 1. The third-order valence-electron chi connectivity index (χ3n) is 3.96. The van der Waals surface area contributed by atoms with E-state index in [1.54, 1.807) is 6.07 Å². The van der Waals surface area contributed by atoms with Crippen LogP contribution in [0.2, 0.25) is 0 Å². The van der Waals surface area contributed by atoms with Gasteiger partial charge in [0.05, 0.1) is 0 Å². The fourth-order valence-electron chi connectivity index (χ4n) is 2.88. The number of hydrogen-bond acceptors (Lipinski definition) is 1. The zero-order chi connectivity index (χ0) is 14.5. The Morgan fingerprint density at radius 1 is 1.10 bits per heavy atom. The average Bonchev–Trinajstić information content (AvgIpc) is 2.48. The van der Waals surface area contributed by atoms with Crippen molar-refractivity contribution in [1.29, 1.82) is 0 Å². The van der Waals surface area contributed by atoms with Gasteiger partial charge in [-0.05, 0) is 49.2 Å². The van der Waals surface area contributed by atoms with E-state index in [0.29, 0.717) is 5.92 Å². The summed E-state index contributed by atoms with van der Waals surface area (Å²) >= 11 is 0. The average molecular weight is 271 g/mol. The number of rotatable bonds is 5. The summed E-state index contributed by atoms with van der Waals surface area (Å²) in [6.07, 6.45) is 1.01. The van der Waals surface area contributed by atoms with Gasteiger partial charge in [0, 0.05) is 12.0 Å². The standard InChI is InChI=1S/C18H22FN/c1-4-16(14-8-6-5-7-9-14)18(20-3)17-12-15(19)11-10-13(17)2/h5-12,16,18,20H,4H2,1-3H3. The molecule has 2 heteroatoms. The molecule has 0 saturated heterocycles. The van der Waals surface area contributed by atoms with E-state index in [9.17, 15) is 4.39 Å². The second-order valence-electron chi connectivity index (χ2n) is 5.19. The molecular formula is C18H22FN. The molecule has 0 bridgehead atoms. The van der Waals surface area contributed by atoms with Crippen molar-refractivity contribution in [3.05, 3.63) is 71.0 Å². The Morgan fingerprint density at radius 2 is 1.80 bits per heavy atom. The Balaban J connectivity index is 2.42. The van der Waals surface area contributed by atoms with Crippen molar-refractivity contribution in [1.82, 2.24) is 5.32 Å². The van der Waals surface area contributed by atoms with Crippen molar-refractivity contribution >= 4 is 0 Å². The number of benzene rings is 2. The van der Waals surface area contributed by atoms with Crippen molar-refractivity contribution in [2.45, 2.75) is 32.2 Å². The van der Waals surface area contributed by atoms with Crippen LogP contribution in [-0.4, -0.2) is 7.05 Å². The van der Waals surface area contributed by atoms with Crippen LogP contribution in [0.5, 0.6) is 0 Å². The fraction of sp³-hybridized carbons (Fsp3) is 0.333. The third kappa shape index (κ3) is 3.07. The Hall–Kier alpha value is -1.67. The van der Waals surface area contributed by atoms with Gasteiger partial charge >= 0.3 is 0 Å². The molecule has 20 heavy (non-hydrogen) atoms. The SMILES string of the molecule is CCC(c1ccccc1)C(NC)c1cc(F)ccc1C. The summed E-state index contributed by atoms with van der Waals surface area (Å²) < 4.78 is 13.6. The summed E-state index contributed by atoms with van der Waals surface area (Å²) in [5, 5.41) is 3.37. The van der Waals surface area contributed by atoms with Crippen molar-refractivity contribution in [2.24, 2.45) is 0 Å². The highest BCUT2D eigenvalue weighted by atomic mass is 19.1. The Labute approximate surface area is 120 Å². The van der Waals surface area contributed by atoms with Gasteiger partial charge in [0.2, 0.25) is 0 Å². The molecule has 2 rings (SSSR count). The maximum absolute atomic E-state index is 13.6. The van der Waals surface area contributed by atoms with Crippen LogP contribution in [0.25, 0.3) is 0 Å². The van der Waals surface area contributed by atoms with E-state index in [1.165, 1.54) is 11.6 Å². The van der Waals surface area contributed by atoms with Crippen molar-refractivity contribution in [3.63, 3.8) is 0 Å². The molecule has 0 aliphatic carbocycles. The molecule has 0 spiro atoms. The molecule has 0 heterocycles. The summed E-state index contributed by atoms with van der Waals surface area (Å²) in [5.74, 6) is 0.162.